The van der Waals surface area contributed by atoms with Gasteiger partial charge in [0.05, 0.1) is 0 Å². The van der Waals surface area contributed by atoms with Gasteiger partial charge in [0.15, 0.2) is 11.6 Å². The van der Waals surface area contributed by atoms with Crippen LogP contribution < -0.4 is 0 Å². The highest BCUT2D eigenvalue weighted by Gasteiger charge is 2.08. The van der Waals surface area contributed by atoms with E-state index in [-0.39, 0.29) is 5.78 Å². The van der Waals surface area contributed by atoms with Crippen molar-refractivity contribution < 1.29 is 9.18 Å². The topological polar surface area (TPSA) is 17.1 Å². The van der Waals surface area contributed by atoms with Crippen molar-refractivity contribution in [3.63, 3.8) is 0 Å². The summed E-state index contributed by atoms with van der Waals surface area (Å²) in [6.45, 7) is 0. The highest BCUT2D eigenvalue weighted by molar-refractivity contribution is 5.93. The minimum atomic E-state index is -0.521. The van der Waals surface area contributed by atoms with Crippen LogP contribution in [0, 0.1) is 0 Å². The monoisotopic (exact) mass is 156 g/mol. The van der Waals surface area contributed by atoms with Crippen LogP contribution in [0.2, 0.25) is 0 Å². The normalized spacial score (nSPS) is 26.3. The van der Waals surface area contributed by atoms with E-state index >= 15 is 0 Å². The SMILES string of the molecule is O=C1CCCCCC/C=C\1F. The second kappa shape index (κ2) is 4.27. The Bertz CT molecular complexity index is 172. The molecule has 0 spiro atoms. The molecule has 1 nitrogen and oxygen atoms in total. The first-order chi connectivity index (χ1) is 5.30. The van der Waals surface area contributed by atoms with E-state index in [1.807, 2.05) is 0 Å². The zero-order chi connectivity index (χ0) is 8.10. The molecule has 0 fully saturated rings. The molecule has 62 valence electrons. The Balaban J connectivity index is 2.51. The van der Waals surface area contributed by atoms with Gasteiger partial charge in [-0.3, -0.25) is 4.79 Å². The molecule has 1 rings (SSSR count). The molecule has 0 bridgehead atoms. The summed E-state index contributed by atoms with van der Waals surface area (Å²) in [6.07, 6.45) is 6.58. The van der Waals surface area contributed by atoms with Crippen molar-refractivity contribution in [3.05, 3.63) is 11.9 Å². The van der Waals surface area contributed by atoms with Crippen LogP contribution in [-0.2, 0) is 4.79 Å². The zero-order valence-corrected chi connectivity index (χ0v) is 6.61. The van der Waals surface area contributed by atoms with Gasteiger partial charge in [-0.25, -0.2) is 4.39 Å². The molecular weight excluding hydrogens is 143 g/mol. The largest absolute Gasteiger partial charge is 0.292 e. The fourth-order valence-electron chi connectivity index (χ4n) is 1.25. The Morgan fingerprint density at radius 1 is 1.18 bits per heavy atom. The lowest BCUT2D eigenvalue weighted by atomic mass is 10.1. The number of rotatable bonds is 0. The van der Waals surface area contributed by atoms with Crippen molar-refractivity contribution in [2.24, 2.45) is 0 Å². The summed E-state index contributed by atoms with van der Waals surface area (Å²) >= 11 is 0. The summed E-state index contributed by atoms with van der Waals surface area (Å²) in [4.78, 5) is 10.9. The Hall–Kier alpha value is -0.660. The maximum absolute atomic E-state index is 12.7. The lowest BCUT2D eigenvalue weighted by Gasteiger charge is -1.94. The molecular formula is C9H13FO. The van der Waals surface area contributed by atoms with Crippen LogP contribution in [0.25, 0.3) is 0 Å². The van der Waals surface area contributed by atoms with E-state index in [4.69, 9.17) is 0 Å². The molecule has 1 aliphatic carbocycles. The van der Waals surface area contributed by atoms with Crippen molar-refractivity contribution in [2.75, 3.05) is 0 Å². The molecule has 0 heterocycles. The summed E-state index contributed by atoms with van der Waals surface area (Å²) in [5.41, 5.74) is 0. The number of allylic oxidation sites excluding steroid dienone is 2. The quantitative estimate of drug-likeness (QED) is 0.527. The molecule has 2 heteroatoms. The first kappa shape index (κ1) is 8.44. The van der Waals surface area contributed by atoms with Gasteiger partial charge in [-0.05, 0) is 25.3 Å². The third kappa shape index (κ3) is 2.83. The van der Waals surface area contributed by atoms with E-state index in [0.29, 0.717) is 6.42 Å². The third-order valence-electron chi connectivity index (χ3n) is 1.95. The Labute approximate surface area is 66.3 Å². The summed E-state index contributed by atoms with van der Waals surface area (Å²) in [5.74, 6) is -0.834. The standard InChI is InChI=1S/C9H13FO/c10-8-6-4-2-1-3-5-7-9(8)11/h6H,1-5,7H2/b8-6+. The van der Waals surface area contributed by atoms with E-state index in [2.05, 4.69) is 0 Å². The van der Waals surface area contributed by atoms with Crippen LogP contribution in [-0.4, -0.2) is 5.78 Å². The van der Waals surface area contributed by atoms with Crippen LogP contribution in [0.15, 0.2) is 11.9 Å². The molecule has 0 atom stereocenters. The van der Waals surface area contributed by atoms with Crippen molar-refractivity contribution in [1.29, 1.82) is 0 Å². The predicted molar refractivity (Wildman–Crippen MR) is 41.9 cm³/mol. The number of Topliss-reactive ketones (excluding diaryl/α,β-unsaturated/α-hetero) is 1. The van der Waals surface area contributed by atoms with Gasteiger partial charge in [0.2, 0.25) is 0 Å². The smallest absolute Gasteiger partial charge is 0.190 e. The zero-order valence-electron chi connectivity index (χ0n) is 6.61. The summed E-state index contributed by atoms with van der Waals surface area (Å²) in [7, 11) is 0. The summed E-state index contributed by atoms with van der Waals surface area (Å²) in [6, 6.07) is 0. The van der Waals surface area contributed by atoms with Gasteiger partial charge in [-0.1, -0.05) is 12.8 Å². The van der Waals surface area contributed by atoms with Gasteiger partial charge in [-0.2, -0.15) is 0 Å². The molecule has 0 N–H and O–H groups in total. The van der Waals surface area contributed by atoms with Gasteiger partial charge in [0.25, 0.3) is 0 Å². The van der Waals surface area contributed by atoms with Gasteiger partial charge in [0, 0.05) is 6.42 Å². The van der Waals surface area contributed by atoms with E-state index < -0.39 is 5.83 Å². The Morgan fingerprint density at radius 3 is 2.73 bits per heavy atom. The average Bonchev–Trinajstić information content (AvgIpc) is 2.07. The average molecular weight is 156 g/mol. The molecule has 0 radical (unpaired) electrons. The molecule has 0 unspecified atom stereocenters. The highest BCUT2D eigenvalue weighted by atomic mass is 19.1. The molecule has 0 aromatic heterocycles. The van der Waals surface area contributed by atoms with Crippen molar-refractivity contribution in [1.82, 2.24) is 0 Å². The Morgan fingerprint density at radius 2 is 1.91 bits per heavy atom. The molecule has 0 aromatic rings. The van der Waals surface area contributed by atoms with E-state index in [9.17, 15) is 9.18 Å². The van der Waals surface area contributed by atoms with Crippen LogP contribution in [0.1, 0.15) is 38.5 Å². The lowest BCUT2D eigenvalue weighted by Crippen LogP contribution is -1.96. The third-order valence-corrected chi connectivity index (χ3v) is 1.95. The minimum absolute atomic E-state index is 0.313. The maximum Gasteiger partial charge on any atom is 0.190 e. The van der Waals surface area contributed by atoms with E-state index in [1.165, 1.54) is 6.08 Å². The highest BCUT2D eigenvalue weighted by Crippen LogP contribution is 2.14. The fraction of sp³-hybridized carbons (Fsp3) is 0.667. The van der Waals surface area contributed by atoms with E-state index in [0.717, 1.165) is 32.1 Å². The number of hydrogen-bond acceptors (Lipinski definition) is 1. The van der Waals surface area contributed by atoms with Crippen molar-refractivity contribution >= 4 is 5.78 Å². The number of hydrogen-bond donors (Lipinski definition) is 0. The first-order valence-electron chi connectivity index (χ1n) is 4.19. The lowest BCUT2D eigenvalue weighted by molar-refractivity contribution is -0.117. The molecule has 1 aliphatic rings. The van der Waals surface area contributed by atoms with Gasteiger partial charge in [0.1, 0.15) is 0 Å². The second-order valence-electron chi connectivity index (χ2n) is 2.93. The molecule has 0 aliphatic heterocycles. The fourth-order valence-corrected chi connectivity index (χ4v) is 1.25. The number of carbonyl (C=O) groups excluding carboxylic acids is 1. The number of carbonyl (C=O) groups is 1. The maximum atomic E-state index is 12.7. The molecule has 0 saturated heterocycles. The minimum Gasteiger partial charge on any atom is -0.292 e. The van der Waals surface area contributed by atoms with Gasteiger partial charge >= 0.3 is 0 Å². The molecule has 11 heavy (non-hydrogen) atoms. The van der Waals surface area contributed by atoms with Crippen LogP contribution in [0.5, 0.6) is 0 Å². The summed E-state index contributed by atoms with van der Waals surface area (Å²) < 4.78 is 12.7. The summed E-state index contributed by atoms with van der Waals surface area (Å²) in [5, 5.41) is 0. The Kier molecular flexibility index (Phi) is 3.27. The van der Waals surface area contributed by atoms with Crippen LogP contribution in [0.4, 0.5) is 4.39 Å². The van der Waals surface area contributed by atoms with Gasteiger partial charge < -0.3 is 0 Å². The number of halogens is 1. The molecule has 0 saturated carbocycles. The first-order valence-corrected chi connectivity index (χ1v) is 4.19. The van der Waals surface area contributed by atoms with Crippen molar-refractivity contribution in [3.8, 4) is 0 Å². The molecule has 0 aromatic carbocycles. The number of ketones is 1. The predicted octanol–water partition coefficient (Wildman–Crippen LogP) is 2.76. The van der Waals surface area contributed by atoms with Crippen molar-refractivity contribution in [2.45, 2.75) is 38.5 Å². The second-order valence-corrected chi connectivity index (χ2v) is 2.93. The van der Waals surface area contributed by atoms with E-state index in [1.54, 1.807) is 0 Å². The molecule has 0 amide bonds. The van der Waals surface area contributed by atoms with Crippen LogP contribution in [0.3, 0.4) is 0 Å². The van der Waals surface area contributed by atoms with Gasteiger partial charge in [-0.15, -0.1) is 0 Å². The van der Waals surface area contributed by atoms with Crippen LogP contribution >= 0.6 is 0 Å².